The Morgan fingerprint density at radius 1 is 1.60 bits per heavy atom. The second-order valence-electron chi connectivity index (χ2n) is 2.21. The molecule has 0 spiro atoms. The summed E-state index contributed by atoms with van der Waals surface area (Å²) >= 11 is 0. The molecule has 58 valence electrons. The number of hydrogen-bond donors (Lipinski definition) is 1. The molecule has 10 heavy (non-hydrogen) atoms. The third-order valence-corrected chi connectivity index (χ3v) is 1.49. The number of hydrogen-bond acceptors (Lipinski definition) is 2. The summed E-state index contributed by atoms with van der Waals surface area (Å²) in [5.74, 6) is 0. The van der Waals surface area contributed by atoms with Crippen LogP contribution in [0.5, 0.6) is 0 Å². The van der Waals surface area contributed by atoms with Crippen molar-refractivity contribution in [2.24, 2.45) is 5.11 Å². The fourth-order valence-corrected chi connectivity index (χ4v) is 1.01. The summed E-state index contributed by atoms with van der Waals surface area (Å²) in [5.41, 5.74) is 8.05. The van der Waals surface area contributed by atoms with Crippen molar-refractivity contribution in [2.45, 2.75) is 18.9 Å². The molecule has 1 aliphatic rings. The summed E-state index contributed by atoms with van der Waals surface area (Å²) in [6.45, 7) is 1.92. The van der Waals surface area contributed by atoms with Crippen LogP contribution in [0, 0.1) is 0 Å². The lowest BCUT2D eigenvalue weighted by atomic mass is 10.1. The van der Waals surface area contributed by atoms with Crippen LogP contribution in [0.2, 0.25) is 0 Å². The van der Waals surface area contributed by atoms with Crippen molar-refractivity contribution in [3.8, 4) is 0 Å². The lowest BCUT2D eigenvalue weighted by Gasteiger charge is -2.17. The van der Waals surface area contributed by atoms with Crippen molar-refractivity contribution < 1.29 is 0 Å². The van der Waals surface area contributed by atoms with Gasteiger partial charge in [0.15, 0.2) is 0 Å². The zero-order chi connectivity index (χ0) is 6.53. The Hall–Kier alpha value is -0.440. The van der Waals surface area contributed by atoms with Gasteiger partial charge in [-0.25, -0.2) is 0 Å². The highest BCUT2D eigenvalue weighted by atomic mass is 35.5. The van der Waals surface area contributed by atoms with E-state index in [0.717, 1.165) is 25.9 Å². The Bertz CT molecular complexity index is 126. The largest absolute Gasteiger partial charge is 0.316 e. The molecule has 1 saturated heterocycles. The summed E-state index contributed by atoms with van der Waals surface area (Å²) < 4.78 is 0. The molecule has 0 bridgehead atoms. The van der Waals surface area contributed by atoms with Gasteiger partial charge in [0, 0.05) is 17.5 Å². The number of nitrogens with zero attached hydrogens (tertiary/aromatic N) is 3. The van der Waals surface area contributed by atoms with E-state index in [1.54, 1.807) is 0 Å². The van der Waals surface area contributed by atoms with Crippen LogP contribution in [0.15, 0.2) is 5.11 Å². The first-order chi connectivity index (χ1) is 4.43. The van der Waals surface area contributed by atoms with E-state index in [2.05, 4.69) is 15.3 Å². The monoisotopic (exact) mass is 162 g/mol. The Morgan fingerprint density at radius 3 is 2.90 bits per heavy atom. The summed E-state index contributed by atoms with van der Waals surface area (Å²) in [5, 5.41) is 6.76. The highest BCUT2D eigenvalue weighted by Gasteiger charge is 2.09. The van der Waals surface area contributed by atoms with Crippen molar-refractivity contribution in [3.05, 3.63) is 10.4 Å². The molecule has 5 heteroatoms. The molecule has 0 unspecified atom stereocenters. The standard InChI is InChI=1S/C5H10N4.ClH/c6-9-8-5-2-1-3-7-4-5;/h5,7H,1-4H2;1H/t5-;/m1./s1. The predicted octanol–water partition coefficient (Wildman–Crippen LogP) is 1.47. The zero-order valence-corrected chi connectivity index (χ0v) is 6.47. The normalized spacial score (nSPS) is 24.2. The maximum absolute atomic E-state index is 8.05. The summed E-state index contributed by atoms with van der Waals surface area (Å²) in [6.07, 6.45) is 2.17. The fraction of sp³-hybridized carbons (Fsp3) is 1.00. The molecule has 0 amide bonds. The van der Waals surface area contributed by atoms with Gasteiger partial charge in [0.1, 0.15) is 0 Å². The highest BCUT2D eigenvalue weighted by molar-refractivity contribution is 5.85. The predicted molar refractivity (Wildman–Crippen MR) is 42.3 cm³/mol. The van der Waals surface area contributed by atoms with Crippen LogP contribution < -0.4 is 5.32 Å². The van der Waals surface area contributed by atoms with Crippen molar-refractivity contribution in [1.29, 1.82) is 0 Å². The van der Waals surface area contributed by atoms with E-state index in [9.17, 15) is 0 Å². The number of piperidine rings is 1. The van der Waals surface area contributed by atoms with Gasteiger partial charge in [-0.2, -0.15) is 0 Å². The molecule has 0 aromatic rings. The Morgan fingerprint density at radius 2 is 2.40 bits per heavy atom. The molecule has 0 aliphatic carbocycles. The minimum Gasteiger partial charge on any atom is -0.316 e. The van der Waals surface area contributed by atoms with Gasteiger partial charge in [-0.15, -0.1) is 12.4 Å². The molecule has 4 nitrogen and oxygen atoms in total. The second kappa shape index (κ2) is 5.35. The molecular weight excluding hydrogens is 152 g/mol. The van der Waals surface area contributed by atoms with Crippen LogP contribution in [0.4, 0.5) is 0 Å². The first-order valence-electron chi connectivity index (χ1n) is 3.18. The minimum atomic E-state index is 0. The van der Waals surface area contributed by atoms with Crippen LogP contribution in [0.3, 0.4) is 0 Å². The van der Waals surface area contributed by atoms with Crippen molar-refractivity contribution in [2.75, 3.05) is 13.1 Å². The average Bonchev–Trinajstić information content (AvgIpc) is 1.91. The van der Waals surface area contributed by atoms with Crippen molar-refractivity contribution in [3.63, 3.8) is 0 Å². The van der Waals surface area contributed by atoms with Crippen molar-refractivity contribution >= 4 is 12.4 Å². The third-order valence-electron chi connectivity index (χ3n) is 1.49. The van der Waals surface area contributed by atoms with Crippen LogP contribution in [-0.4, -0.2) is 19.1 Å². The molecule has 1 aliphatic heterocycles. The SMILES string of the molecule is Cl.[N-]=[N+]=N[C@@H]1CCCNC1. The highest BCUT2D eigenvalue weighted by Crippen LogP contribution is 2.04. The van der Waals surface area contributed by atoms with Crippen LogP contribution in [-0.2, 0) is 0 Å². The average molecular weight is 163 g/mol. The van der Waals surface area contributed by atoms with E-state index < -0.39 is 0 Å². The lowest BCUT2D eigenvalue weighted by molar-refractivity contribution is 0.458. The topological polar surface area (TPSA) is 60.8 Å². The first-order valence-corrected chi connectivity index (χ1v) is 3.18. The van der Waals surface area contributed by atoms with E-state index >= 15 is 0 Å². The maximum atomic E-state index is 8.05. The van der Waals surface area contributed by atoms with Crippen LogP contribution in [0.25, 0.3) is 10.4 Å². The zero-order valence-electron chi connectivity index (χ0n) is 5.66. The van der Waals surface area contributed by atoms with Gasteiger partial charge < -0.3 is 5.32 Å². The minimum absolute atomic E-state index is 0. The van der Waals surface area contributed by atoms with E-state index in [0.29, 0.717) is 0 Å². The van der Waals surface area contributed by atoms with E-state index in [-0.39, 0.29) is 18.4 Å². The van der Waals surface area contributed by atoms with Gasteiger partial charge in [0.05, 0.1) is 0 Å². The van der Waals surface area contributed by atoms with E-state index in [1.807, 2.05) is 0 Å². The summed E-state index contributed by atoms with van der Waals surface area (Å²) in [4.78, 5) is 2.74. The van der Waals surface area contributed by atoms with Gasteiger partial charge in [-0.3, -0.25) is 0 Å². The van der Waals surface area contributed by atoms with Crippen LogP contribution >= 0.6 is 12.4 Å². The van der Waals surface area contributed by atoms with Gasteiger partial charge in [0.2, 0.25) is 0 Å². The smallest absolute Gasteiger partial charge is 0.0499 e. The maximum Gasteiger partial charge on any atom is 0.0499 e. The number of rotatable bonds is 1. The molecule has 0 aromatic heterocycles. The summed E-state index contributed by atoms with van der Waals surface area (Å²) in [7, 11) is 0. The van der Waals surface area contributed by atoms with Crippen molar-refractivity contribution in [1.82, 2.24) is 5.32 Å². The quantitative estimate of drug-likeness (QED) is 0.354. The Labute approximate surface area is 66.0 Å². The summed E-state index contributed by atoms with van der Waals surface area (Å²) in [6, 6.07) is 0.198. The molecule has 1 heterocycles. The van der Waals surface area contributed by atoms with Gasteiger partial charge >= 0.3 is 0 Å². The van der Waals surface area contributed by atoms with Crippen LogP contribution in [0.1, 0.15) is 12.8 Å². The number of nitrogens with one attached hydrogen (secondary N) is 1. The first kappa shape index (κ1) is 9.56. The lowest BCUT2D eigenvalue weighted by Crippen LogP contribution is -2.31. The molecule has 1 fully saturated rings. The molecule has 0 aromatic carbocycles. The van der Waals surface area contributed by atoms with E-state index in [1.165, 1.54) is 0 Å². The van der Waals surface area contributed by atoms with Gasteiger partial charge in [-0.05, 0) is 24.9 Å². The molecular formula is C5H11ClN4. The second-order valence-corrected chi connectivity index (χ2v) is 2.21. The Kier molecular flexibility index (Phi) is 5.12. The number of halogens is 1. The number of azide groups is 1. The van der Waals surface area contributed by atoms with Gasteiger partial charge in [-0.1, -0.05) is 5.11 Å². The fourth-order valence-electron chi connectivity index (χ4n) is 1.01. The Balaban J connectivity index is 0.000000810. The van der Waals surface area contributed by atoms with Gasteiger partial charge in [0.25, 0.3) is 0 Å². The molecule has 0 radical (unpaired) electrons. The molecule has 1 rings (SSSR count). The third kappa shape index (κ3) is 2.92. The van der Waals surface area contributed by atoms with E-state index in [4.69, 9.17) is 5.53 Å². The molecule has 1 atom stereocenters. The molecule has 1 N–H and O–H groups in total. The molecule has 0 saturated carbocycles.